The molecule has 0 spiro atoms. The van der Waals surface area contributed by atoms with Crippen molar-refractivity contribution in [2.24, 2.45) is 0 Å². The van der Waals surface area contributed by atoms with Crippen LogP contribution in [0.4, 0.5) is 5.69 Å². The van der Waals surface area contributed by atoms with Crippen LogP contribution in [0, 0.1) is 0 Å². The Balaban J connectivity index is 1.96. The van der Waals surface area contributed by atoms with Gasteiger partial charge >= 0.3 is 0 Å². The van der Waals surface area contributed by atoms with Gasteiger partial charge in [0, 0.05) is 20.6 Å². The zero-order valence-electron chi connectivity index (χ0n) is 10.6. The molecule has 2 heterocycles. The smallest absolute Gasteiger partial charge is 0.131 e. The molecule has 1 unspecified atom stereocenters. The van der Waals surface area contributed by atoms with Crippen LogP contribution in [0.1, 0.15) is 16.7 Å². The van der Waals surface area contributed by atoms with Gasteiger partial charge in [-0.05, 0) is 42.5 Å². The molecule has 3 aromatic rings. The molecule has 2 aromatic heterocycles. The van der Waals surface area contributed by atoms with Crippen LogP contribution in [0.5, 0.6) is 0 Å². The maximum absolute atomic E-state index is 6.04. The predicted octanol–water partition coefficient (Wildman–Crippen LogP) is 6.50. The first-order valence-corrected chi connectivity index (χ1v) is 8.08. The number of hydrogen-bond donors (Lipinski definition) is 1. The van der Waals surface area contributed by atoms with Crippen molar-refractivity contribution in [1.29, 1.82) is 0 Å². The zero-order chi connectivity index (χ0) is 14.8. The van der Waals surface area contributed by atoms with Gasteiger partial charge in [0.2, 0.25) is 0 Å². The summed E-state index contributed by atoms with van der Waals surface area (Å²) < 4.78 is 6.26. The Labute approximate surface area is 141 Å². The molecular weight excluding hydrogens is 349 g/mol. The van der Waals surface area contributed by atoms with Crippen LogP contribution in [0.25, 0.3) is 0 Å². The summed E-state index contributed by atoms with van der Waals surface area (Å²) in [5.41, 5.74) is 0.818. The molecule has 1 N–H and O–H groups in total. The van der Waals surface area contributed by atoms with Gasteiger partial charge < -0.3 is 9.73 Å². The van der Waals surface area contributed by atoms with Gasteiger partial charge in [-0.2, -0.15) is 0 Å². The lowest BCUT2D eigenvalue weighted by Crippen LogP contribution is -2.10. The number of anilines is 1. The minimum absolute atomic E-state index is 0.146. The molecule has 1 aromatic carbocycles. The summed E-state index contributed by atoms with van der Waals surface area (Å²) in [6.45, 7) is 0. The van der Waals surface area contributed by atoms with E-state index < -0.39 is 0 Å². The Morgan fingerprint density at radius 2 is 1.76 bits per heavy atom. The highest BCUT2D eigenvalue weighted by Gasteiger charge is 2.19. The van der Waals surface area contributed by atoms with E-state index in [9.17, 15) is 0 Å². The first kappa shape index (κ1) is 14.8. The second-order valence-electron chi connectivity index (χ2n) is 4.39. The molecule has 0 radical (unpaired) electrons. The van der Waals surface area contributed by atoms with Gasteiger partial charge in [0.15, 0.2) is 0 Å². The van der Waals surface area contributed by atoms with Crippen molar-refractivity contribution in [3.8, 4) is 0 Å². The van der Waals surface area contributed by atoms with Gasteiger partial charge in [-0.15, -0.1) is 11.3 Å². The van der Waals surface area contributed by atoms with Gasteiger partial charge in [0.1, 0.15) is 11.8 Å². The average molecular weight is 359 g/mol. The predicted molar refractivity (Wildman–Crippen MR) is 90.0 cm³/mol. The number of rotatable bonds is 4. The van der Waals surface area contributed by atoms with E-state index in [4.69, 9.17) is 39.2 Å². The summed E-state index contributed by atoms with van der Waals surface area (Å²) in [5, 5.41) is 4.53. The molecule has 21 heavy (non-hydrogen) atoms. The Bertz CT molecular complexity index is 719. The lowest BCUT2D eigenvalue weighted by atomic mass is 10.1. The van der Waals surface area contributed by atoms with E-state index in [0.717, 1.165) is 20.7 Å². The number of furan rings is 1. The first-order chi connectivity index (χ1) is 10.1. The van der Waals surface area contributed by atoms with Gasteiger partial charge in [-0.3, -0.25) is 0 Å². The highest BCUT2D eigenvalue weighted by atomic mass is 35.5. The van der Waals surface area contributed by atoms with E-state index in [-0.39, 0.29) is 6.04 Å². The number of benzene rings is 1. The quantitative estimate of drug-likeness (QED) is 0.575. The second kappa shape index (κ2) is 6.32. The van der Waals surface area contributed by atoms with Crippen LogP contribution < -0.4 is 5.32 Å². The first-order valence-electron chi connectivity index (χ1n) is 6.13. The van der Waals surface area contributed by atoms with Crippen molar-refractivity contribution >= 4 is 51.8 Å². The number of hydrogen-bond acceptors (Lipinski definition) is 3. The SMILES string of the molecule is Clc1cc(Cl)cc(NC(c2ccco2)c2ccc(Cl)s2)c1. The number of thiophene rings is 1. The number of halogens is 3. The second-order valence-corrected chi connectivity index (χ2v) is 7.01. The summed E-state index contributed by atoms with van der Waals surface area (Å²) in [6, 6.07) is 12.8. The summed E-state index contributed by atoms with van der Waals surface area (Å²) in [5.74, 6) is 0.796. The maximum Gasteiger partial charge on any atom is 0.131 e. The van der Waals surface area contributed by atoms with E-state index >= 15 is 0 Å². The van der Waals surface area contributed by atoms with Crippen LogP contribution in [0.15, 0.2) is 53.1 Å². The molecule has 0 amide bonds. The highest BCUT2D eigenvalue weighted by molar-refractivity contribution is 7.16. The molecule has 0 aliphatic carbocycles. The third-order valence-electron chi connectivity index (χ3n) is 2.88. The Kier molecular flexibility index (Phi) is 4.45. The third-order valence-corrected chi connectivity index (χ3v) is 4.61. The molecule has 0 bridgehead atoms. The molecular formula is C15H10Cl3NOS. The van der Waals surface area contributed by atoms with Crippen LogP contribution >= 0.6 is 46.1 Å². The Morgan fingerprint density at radius 1 is 1.00 bits per heavy atom. The molecule has 0 saturated heterocycles. The van der Waals surface area contributed by atoms with E-state index in [1.807, 2.05) is 36.4 Å². The summed E-state index contributed by atoms with van der Waals surface area (Å²) in [4.78, 5) is 1.05. The molecule has 1 atom stereocenters. The van der Waals surface area contributed by atoms with Gasteiger partial charge in [-0.25, -0.2) is 0 Å². The topological polar surface area (TPSA) is 25.2 Å². The minimum atomic E-state index is -0.146. The fourth-order valence-electron chi connectivity index (χ4n) is 2.03. The molecule has 0 saturated carbocycles. The van der Waals surface area contributed by atoms with Crippen molar-refractivity contribution < 1.29 is 4.42 Å². The van der Waals surface area contributed by atoms with Crippen LogP contribution in [0.3, 0.4) is 0 Å². The number of nitrogens with one attached hydrogen (secondary N) is 1. The van der Waals surface area contributed by atoms with Crippen molar-refractivity contribution in [2.45, 2.75) is 6.04 Å². The monoisotopic (exact) mass is 357 g/mol. The minimum Gasteiger partial charge on any atom is -0.467 e. The van der Waals surface area contributed by atoms with Crippen molar-refractivity contribution in [3.05, 3.63) is 73.7 Å². The van der Waals surface area contributed by atoms with Crippen molar-refractivity contribution in [1.82, 2.24) is 0 Å². The van der Waals surface area contributed by atoms with Gasteiger partial charge in [-0.1, -0.05) is 34.8 Å². The van der Waals surface area contributed by atoms with Crippen molar-refractivity contribution in [2.75, 3.05) is 5.32 Å². The molecule has 0 fully saturated rings. The molecule has 6 heteroatoms. The van der Waals surface area contributed by atoms with Crippen LogP contribution in [0.2, 0.25) is 14.4 Å². The largest absolute Gasteiger partial charge is 0.467 e. The molecule has 0 aliphatic rings. The fourth-order valence-corrected chi connectivity index (χ4v) is 3.67. The molecule has 108 valence electrons. The van der Waals surface area contributed by atoms with E-state index in [0.29, 0.717) is 10.0 Å². The van der Waals surface area contributed by atoms with Crippen LogP contribution in [-0.2, 0) is 0 Å². The molecule has 0 aliphatic heterocycles. The summed E-state index contributed by atoms with van der Waals surface area (Å²) in [6.07, 6.45) is 1.64. The summed E-state index contributed by atoms with van der Waals surface area (Å²) in [7, 11) is 0. The highest BCUT2D eigenvalue weighted by Crippen LogP contribution is 2.35. The van der Waals surface area contributed by atoms with Crippen LogP contribution in [-0.4, -0.2) is 0 Å². The molecule has 3 rings (SSSR count). The normalized spacial score (nSPS) is 12.3. The summed E-state index contributed by atoms with van der Waals surface area (Å²) >= 11 is 19.6. The van der Waals surface area contributed by atoms with E-state index in [1.54, 1.807) is 12.3 Å². The standard InChI is InChI=1S/C15H10Cl3NOS/c16-9-6-10(17)8-11(7-9)19-15(12-2-1-5-20-12)13-3-4-14(18)21-13/h1-8,15,19H. The van der Waals surface area contributed by atoms with Crippen molar-refractivity contribution in [3.63, 3.8) is 0 Å². The maximum atomic E-state index is 6.04. The lowest BCUT2D eigenvalue weighted by Gasteiger charge is -2.17. The van der Waals surface area contributed by atoms with E-state index in [2.05, 4.69) is 5.32 Å². The van der Waals surface area contributed by atoms with E-state index in [1.165, 1.54) is 11.3 Å². The zero-order valence-corrected chi connectivity index (χ0v) is 13.7. The molecule has 2 nitrogen and oxygen atoms in total. The fraction of sp³-hybridized carbons (Fsp3) is 0.0667. The average Bonchev–Trinajstić information content (AvgIpc) is 3.06. The lowest BCUT2D eigenvalue weighted by molar-refractivity contribution is 0.501. The third kappa shape index (κ3) is 3.55. The van der Waals surface area contributed by atoms with Gasteiger partial charge in [0.05, 0.1) is 10.6 Å². The Morgan fingerprint density at radius 3 is 2.33 bits per heavy atom. The Hall–Kier alpha value is -1.13. The van der Waals surface area contributed by atoms with Gasteiger partial charge in [0.25, 0.3) is 0 Å².